The highest BCUT2D eigenvalue weighted by Crippen LogP contribution is 2.22. The van der Waals surface area contributed by atoms with E-state index in [4.69, 9.17) is 0 Å². The lowest BCUT2D eigenvalue weighted by Crippen LogP contribution is -2.27. The van der Waals surface area contributed by atoms with Gasteiger partial charge in [-0.2, -0.15) is 0 Å². The summed E-state index contributed by atoms with van der Waals surface area (Å²) >= 11 is 2.92. The maximum atomic E-state index is 13.4. The molecule has 0 fully saturated rings. The van der Waals surface area contributed by atoms with E-state index in [0.717, 1.165) is 28.3 Å². The molecular formula is C27H30FN4O3S2+. The number of nitrogens with one attached hydrogen (secondary N) is 3. The normalized spacial score (nSPS) is 11.2. The summed E-state index contributed by atoms with van der Waals surface area (Å²) in [5, 5.41) is 9.96. The average molecular weight is 542 g/mol. The number of thioether (sulfide) groups is 1. The standard InChI is InChI=1S/C27H29FN4O3S2/c1-36-22-12-6-19(7-13-22)17-23(20-8-10-21(28)11-9-20)27(34)30-15-4-2-3-5-24(33)29-16-14-25-31-18-26(32-35)37-25/h6-13,17-18H,2-5,14-16H2,1H3,(H,29,33)(H,30,34)/p+1/b23-17-. The molecule has 0 saturated heterocycles. The zero-order valence-electron chi connectivity index (χ0n) is 20.6. The SMILES string of the molecule is CSc1ccc(/C=C(\C(=O)NCCCCCC(=O)NCCc2[nH+]cc(N=O)s2)c2ccc(F)cc2)cc1. The molecule has 0 aliphatic carbocycles. The predicted molar refractivity (Wildman–Crippen MR) is 147 cm³/mol. The van der Waals surface area contributed by atoms with Crippen LogP contribution in [0, 0.1) is 10.7 Å². The zero-order valence-corrected chi connectivity index (χ0v) is 22.2. The first-order chi connectivity index (χ1) is 18.0. The van der Waals surface area contributed by atoms with Gasteiger partial charge in [0, 0.05) is 30.0 Å². The summed E-state index contributed by atoms with van der Waals surface area (Å²) in [6.07, 6.45) is 8.64. The third-order valence-electron chi connectivity index (χ3n) is 5.54. The van der Waals surface area contributed by atoms with E-state index in [9.17, 15) is 18.9 Å². The minimum absolute atomic E-state index is 0.0247. The van der Waals surface area contributed by atoms with Crippen LogP contribution in [0.4, 0.5) is 9.39 Å². The van der Waals surface area contributed by atoms with Crippen LogP contribution < -0.4 is 15.6 Å². The van der Waals surface area contributed by atoms with Crippen molar-refractivity contribution in [3.8, 4) is 0 Å². The Bertz CT molecular complexity index is 1210. The highest BCUT2D eigenvalue weighted by molar-refractivity contribution is 7.98. The van der Waals surface area contributed by atoms with Gasteiger partial charge < -0.3 is 10.6 Å². The third kappa shape index (κ3) is 9.55. The number of hydrogen-bond donors (Lipinski definition) is 2. The van der Waals surface area contributed by atoms with Gasteiger partial charge in [-0.15, -0.1) is 16.7 Å². The second kappa shape index (κ2) is 15.0. The lowest BCUT2D eigenvalue weighted by atomic mass is 10.0. The molecule has 10 heteroatoms. The number of thiazole rings is 1. The number of nitroso groups, excluding NO2 is 1. The molecule has 2 amide bonds. The summed E-state index contributed by atoms with van der Waals surface area (Å²) in [7, 11) is 0. The second-order valence-electron chi connectivity index (χ2n) is 8.25. The van der Waals surface area contributed by atoms with Gasteiger partial charge >= 0.3 is 0 Å². The van der Waals surface area contributed by atoms with Gasteiger partial charge in [-0.05, 0) is 77.1 Å². The van der Waals surface area contributed by atoms with E-state index in [-0.39, 0.29) is 17.6 Å². The second-order valence-corrected chi connectivity index (χ2v) is 10.2. The molecular weight excluding hydrogens is 511 g/mol. The first kappa shape index (κ1) is 28.2. The van der Waals surface area contributed by atoms with Gasteiger partial charge in [-0.1, -0.05) is 30.7 Å². The molecule has 37 heavy (non-hydrogen) atoms. The molecule has 0 aliphatic rings. The van der Waals surface area contributed by atoms with Gasteiger partial charge in [0.05, 0.1) is 6.42 Å². The van der Waals surface area contributed by atoms with Gasteiger partial charge in [0.15, 0.2) is 0 Å². The van der Waals surface area contributed by atoms with Crippen LogP contribution in [0.5, 0.6) is 0 Å². The van der Waals surface area contributed by atoms with Crippen molar-refractivity contribution in [3.63, 3.8) is 0 Å². The first-order valence-electron chi connectivity index (χ1n) is 12.0. The van der Waals surface area contributed by atoms with Gasteiger partial charge in [0.25, 0.3) is 5.91 Å². The van der Waals surface area contributed by atoms with Crippen LogP contribution in [0.3, 0.4) is 0 Å². The molecule has 1 heterocycles. The Balaban J connectivity index is 1.42. The number of aromatic nitrogens is 1. The van der Waals surface area contributed by atoms with Gasteiger partial charge in [-0.3, -0.25) is 9.59 Å². The van der Waals surface area contributed by atoms with Gasteiger partial charge in [0.1, 0.15) is 5.82 Å². The Labute approximate surface area is 224 Å². The van der Waals surface area contributed by atoms with Crippen LogP contribution >= 0.6 is 23.1 Å². The van der Waals surface area contributed by atoms with Crippen LogP contribution in [0.1, 0.15) is 41.8 Å². The van der Waals surface area contributed by atoms with Crippen LogP contribution in [0.15, 0.2) is 64.8 Å². The molecule has 194 valence electrons. The van der Waals surface area contributed by atoms with Crippen molar-refractivity contribution in [1.82, 2.24) is 10.6 Å². The van der Waals surface area contributed by atoms with E-state index in [2.05, 4.69) is 20.8 Å². The summed E-state index contributed by atoms with van der Waals surface area (Å²) in [6, 6.07) is 13.8. The zero-order chi connectivity index (χ0) is 26.5. The largest absolute Gasteiger partial charge is 0.356 e. The molecule has 7 nitrogen and oxygen atoms in total. The van der Waals surface area contributed by atoms with Crippen molar-refractivity contribution in [2.24, 2.45) is 5.18 Å². The Hall–Kier alpha value is -3.37. The molecule has 3 rings (SSSR count). The number of carbonyl (C=O) groups is 2. The number of H-pyrrole nitrogens is 1. The summed E-state index contributed by atoms with van der Waals surface area (Å²) in [5.74, 6) is -0.606. The number of rotatable bonds is 14. The number of hydrogen-bond acceptors (Lipinski definition) is 6. The number of aromatic amines is 1. The van der Waals surface area contributed by atoms with Crippen LogP contribution in [0.2, 0.25) is 0 Å². The highest BCUT2D eigenvalue weighted by atomic mass is 32.2. The quantitative estimate of drug-likeness (QED) is 0.0938. The van der Waals surface area contributed by atoms with Crippen molar-refractivity contribution in [2.75, 3.05) is 19.3 Å². The number of unbranched alkanes of at least 4 members (excludes halogenated alkanes) is 2. The van der Waals surface area contributed by atoms with E-state index in [1.54, 1.807) is 36.2 Å². The summed E-state index contributed by atoms with van der Waals surface area (Å²) in [5.41, 5.74) is 2.00. The Morgan fingerprint density at radius 1 is 1.03 bits per heavy atom. The molecule has 0 radical (unpaired) electrons. The monoisotopic (exact) mass is 541 g/mol. The van der Waals surface area contributed by atoms with Crippen molar-refractivity contribution < 1.29 is 19.0 Å². The number of amides is 2. The first-order valence-corrected chi connectivity index (χ1v) is 14.0. The van der Waals surface area contributed by atoms with Crippen molar-refractivity contribution in [2.45, 2.75) is 37.0 Å². The summed E-state index contributed by atoms with van der Waals surface area (Å²) < 4.78 is 13.4. The highest BCUT2D eigenvalue weighted by Gasteiger charge is 2.13. The minimum atomic E-state index is -0.356. The molecule has 0 bridgehead atoms. The predicted octanol–water partition coefficient (Wildman–Crippen LogP) is 5.40. The van der Waals surface area contributed by atoms with Crippen LogP contribution in [-0.4, -0.2) is 31.2 Å². The smallest absolute Gasteiger partial charge is 0.251 e. The van der Waals surface area contributed by atoms with E-state index in [1.165, 1.54) is 23.5 Å². The fourth-order valence-electron chi connectivity index (χ4n) is 3.56. The Morgan fingerprint density at radius 3 is 2.46 bits per heavy atom. The van der Waals surface area contributed by atoms with E-state index < -0.39 is 0 Å². The summed E-state index contributed by atoms with van der Waals surface area (Å²) in [4.78, 5) is 39.6. The van der Waals surface area contributed by atoms with E-state index in [1.807, 2.05) is 30.5 Å². The van der Waals surface area contributed by atoms with Gasteiger partial charge in [-0.25, -0.2) is 9.37 Å². The van der Waals surface area contributed by atoms with Crippen molar-refractivity contribution in [3.05, 3.63) is 81.6 Å². The van der Waals surface area contributed by atoms with Crippen LogP contribution in [0.25, 0.3) is 11.6 Å². The molecule has 3 N–H and O–H groups in total. The summed E-state index contributed by atoms with van der Waals surface area (Å²) in [6.45, 7) is 0.967. The number of nitrogens with zero attached hydrogens (tertiary/aromatic N) is 1. The number of halogens is 1. The molecule has 0 unspecified atom stereocenters. The molecule has 2 aromatic carbocycles. The third-order valence-corrected chi connectivity index (χ3v) is 7.25. The molecule has 0 spiro atoms. The fraction of sp³-hybridized carbons (Fsp3) is 0.296. The van der Waals surface area contributed by atoms with E-state index in [0.29, 0.717) is 48.5 Å². The lowest BCUT2D eigenvalue weighted by Gasteiger charge is -2.10. The molecule has 1 aromatic heterocycles. The maximum absolute atomic E-state index is 13.4. The fourth-order valence-corrected chi connectivity index (χ4v) is 4.70. The Kier molecular flexibility index (Phi) is 11.4. The maximum Gasteiger partial charge on any atom is 0.251 e. The minimum Gasteiger partial charge on any atom is -0.356 e. The number of benzene rings is 2. The molecule has 0 atom stereocenters. The lowest BCUT2D eigenvalue weighted by molar-refractivity contribution is -0.381. The molecule has 0 aliphatic heterocycles. The molecule has 3 aromatic rings. The van der Waals surface area contributed by atoms with Crippen molar-refractivity contribution in [1.29, 1.82) is 0 Å². The van der Waals surface area contributed by atoms with Crippen molar-refractivity contribution >= 4 is 51.6 Å². The van der Waals surface area contributed by atoms with E-state index >= 15 is 0 Å². The topological polar surface area (TPSA) is 102 Å². The number of carbonyl (C=O) groups excluding carboxylic acids is 2. The van der Waals surface area contributed by atoms with Crippen LogP contribution in [-0.2, 0) is 16.0 Å². The Morgan fingerprint density at radius 2 is 1.78 bits per heavy atom. The van der Waals surface area contributed by atoms with Gasteiger partial charge in [0.2, 0.25) is 22.1 Å². The molecule has 0 saturated carbocycles. The average Bonchev–Trinajstić information content (AvgIpc) is 3.38.